The molecule has 5 nitrogen and oxygen atoms in total. The number of carboxylic acids is 1. The molecule has 0 aromatic rings. The number of nitrogens with zero attached hydrogens (tertiary/aromatic N) is 1. The van der Waals surface area contributed by atoms with Gasteiger partial charge in [-0.3, -0.25) is 15.0 Å². The van der Waals surface area contributed by atoms with Gasteiger partial charge in [0.1, 0.15) is 5.54 Å². The summed E-state index contributed by atoms with van der Waals surface area (Å²) in [5.74, 6) is -0.752. The number of carboxylic acid groups (broad SMARTS) is 1. The Morgan fingerprint density at radius 1 is 1.47 bits per heavy atom. The van der Waals surface area contributed by atoms with Crippen LogP contribution in [0.15, 0.2) is 0 Å². The summed E-state index contributed by atoms with van der Waals surface area (Å²) >= 11 is 0. The molecule has 0 spiro atoms. The van der Waals surface area contributed by atoms with Crippen LogP contribution in [0.25, 0.3) is 0 Å². The van der Waals surface area contributed by atoms with Gasteiger partial charge in [-0.05, 0) is 46.1 Å². The molecule has 0 amide bonds. The molecule has 1 saturated heterocycles. The minimum Gasteiger partial charge on any atom is -0.480 e. The molecule has 1 saturated carbocycles. The Bertz CT molecular complexity index is 318. The second-order valence-electron chi connectivity index (χ2n) is 6.01. The second kappa shape index (κ2) is 6.20. The van der Waals surface area contributed by atoms with Crippen molar-refractivity contribution in [1.29, 1.82) is 0 Å². The van der Waals surface area contributed by atoms with Gasteiger partial charge in [0.25, 0.3) is 0 Å². The first-order chi connectivity index (χ1) is 9.03. The van der Waals surface area contributed by atoms with Crippen LogP contribution in [0, 0.1) is 0 Å². The van der Waals surface area contributed by atoms with E-state index < -0.39 is 11.5 Å². The van der Waals surface area contributed by atoms with Crippen molar-refractivity contribution in [3.8, 4) is 0 Å². The molecule has 2 unspecified atom stereocenters. The molecular weight excluding hydrogens is 244 g/mol. The fraction of sp³-hybridized carbons (Fsp3) is 0.929. The maximum Gasteiger partial charge on any atom is 0.324 e. The summed E-state index contributed by atoms with van der Waals surface area (Å²) in [5, 5.41) is 12.8. The minimum absolute atomic E-state index is 0.262. The first kappa shape index (κ1) is 14.8. The maximum atomic E-state index is 11.5. The number of likely N-dealkylation sites (tertiary alicyclic amines) is 1. The van der Waals surface area contributed by atoms with Crippen LogP contribution in [-0.2, 0) is 9.53 Å². The number of rotatable bonds is 7. The fourth-order valence-corrected chi connectivity index (χ4v) is 2.83. The Hall–Kier alpha value is -0.650. The van der Waals surface area contributed by atoms with Crippen LogP contribution in [-0.4, -0.2) is 59.9 Å². The third-order valence-electron chi connectivity index (χ3n) is 3.98. The van der Waals surface area contributed by atoms with E-state index in [1.54, 1.807) is 6.92 Å². The monoisotopic (exact) mass is 270 g/mol. The van der Waals surface area contributed by atoms with Gasteiger partial charge in [0.15, 0.2) is 0 Å². The number of ether oxygens (including phenoxy) is 1. The Labute approximate surface area is 115 Å². The lowest BCUT2D eigenvalue weighted by molar-refractivity contribution is -0.145. The van der Waals surface area contributed by atoms with Crippen molar-refractivity contribution < 1.29 is 14.6 Å². The predicted molar refractivity (Wildman–Crippen MR) is 73.3 cm³/mol. The zero-order valence-corrected chi connectivity index (χ0v) is 12.0. The Morgan fingerprint density at radius 2 is 2.21 bits per heavy atom. The van der Waals surface area contributed by atoms with E-state index in [9.17, 15) is 9.90 Å². The summed E-state index contributed by atoms with van der Waals surface area (Å²) < 4.78 is 5.67. The number of hydrogen-bond acceptors (Lipinski definition) is 4. The molecule has 2 rings (SSSR count). The average molecular weight is 270 g/mol. The topological polar surface area (TPSA) is 61.8 Å². The third kappa shape index (κ3) is 4.16. The van der Waals surface area contributed by atoms with E-state index in [0.29, 0.717) is 12.6 Å². The van der Waals surface area contributed by atoms with E-state index in [1.807, 2.05) is 6.92 Å². The quantitative estimate of drug-likeness (QED) is 0.725. The van der Waals surface area contributed by atoms with Crippen molar-refractivity contribution in [1.82, 2.24) is 10.2 Å². The smallest absolute Gasteiger partial charge is 0.324 e. The number of aliphatic carboxylic acids is 1. The van der Waals surface area contributed by atoms with Gasteiger partial charge in [-0.25, -0.2) is 0 Å². The van der Waals surface area contributed by atoms with Crippen molar-refractivity contribution in [2.24, 2.45) is 0 Å². The van der Waals surface area contributed by atoms with E-state index in [2.05, 4.69) is 10.2 Å². The number of hydrogen-bond donors (Lipinski definition) is 2. The molecule has 5 heteroatoms. The van der Waals surface area contributed by atoms with E-state index in [0.717, 1.165) is 45.4 Å². The molecule has 19 heavy (non-hydrogen) atoms. The van der Waals surface area contributed by atoms with Crippen LogP contribution in [0.4, 0.5) is 0 Å². The minimum atomic E-state index is -0.838. The fourth-order valence-electron chi connectivity index (χ4n) is 2.83. The first-order valence-electron chi connectivity index (χ1n) is 7.38. The molecular formula is C14H26N2O3. The van der Waals surface area contributed by atoms with Gasteiger partial charge >= 0.3 is 5.97 Å². The summed E-state index contributed by atoms with van der Waals surface area (Å²) in [6.07, 6.45) is 4.64. The molecule has 1 heterocycles. The normalized spacial score (nSPS) is 28.0. The average Bonchev–Trinajstić information content (AvgIpc) is 3.13. The van der Waals surface area contributed by atoms with E-state index in [-0.39, 0.29) is 6.10 Å². The molecule has 1 aliphatic heterocycles. The molecule has 0 aromatic heterocycles. The van der Waals surface area contributed by atoms with Crippen molar-refractivity contribution >= 4 is 5.97 Å². The first-order valence-corrected chi connectivity index (χ1v) is 7.38. The van der Waals surface area contributed by atoms with Gasteiger partial charge in [0.05, 0.1) is 6.10 Å². The zero-order chi connectivity index (χ0) is 13.9. The lowest BCUT2D eigenvalue weighted by atomic mass is 9.99. The van der Waals surface area contributed by atoms with Crippen LogP contribution in [0.5, 0.6) is 0 Å². The Morgan fingerprint density at radius 3 is 2.79 bits per heavy atom. The SMILES string of the molecule is CCOC1CCCN(CC(C)(NC2CC2)C(=O)O)C1. The lowest BCUT2D eigenvalue weighted by Gasteiger charge is -2.38. The van der Waals surface area contributed by atoms with Gasteiger partial charge in [-0.2, -0.15) is 0 Å². The highest BCUT2D eigenvalue weighted by Gasteiger charge is 2.40. The standard InChI is InChI=1S/C14H26N2O3/c1-3-19-12-5-4-8-16(9-12)10-14(2,13(17)18)15-11-6-7-11/h11-12,15H,3-10H2,1-2H3,(H,17,18). The molecule has 1 aliphatic carbocycles. The third-order valence-corrected chi connectivity index (χ3v) is 3.98. The van der Waals surface area contributed by atoms with Crippen LogP contribution in [0.1, 0.15) is 39.5 Å². The number of piperidine rings is 1. The van der Waals surface area contributed by atoms with Crippen LogP contribution >= 0.6 is 0 Å². The molecule has 2 N–H and O–H groups in total. The van der Waals surface area contributed by atoms with Crippen molar-refractivity contribution in [2.75, 3.05) is 26.2 Å². The summed E-state index contributed by atoms with van der Waals surface area (Å²) in [6, 6.07) is 0.397. The molecule has 2 fully saturated rings. The predicted octanol–water partition coefficient (Wildman–Crippen LogP) is 1.08. The van der Waals surface area contributed by atoms with E-state index in [1.165, 1.54) is 0 Å². The lowest BCUT2D eigenvalue weighted by Crippen LogP contribution is -2.59. The maximum absolute atomic E-state index is 11.5. The molecule has 0 aromatic carbocycles. The van der Waals surface area contributed by atoms with Gasteiger partial charge in [-0.1, -0.05) is 0 Å². The molecule has 0 bridgehead atoms. The van der Waals surface area contributed by atoms with Gasteiger partial charge < -0.3 is 9.84 Å². The molecule has 2 aliphatic rings. The molecule has 110 valence electrons. The van der Waals surface area contributed by atoms with Crippen LogP contribution in [0.3, 0.4) is 0 Å². The summed E-state index contributed by atoms with van der Waals surface area (Å²) in [6.45, 7) is 6.92. The second-order valence-corrected chi connectivity index (χ2v) is 6.01. The zero-order valence-electron chi connectivity index (χ0n) is 12.0. The van der Waals surface area contributed by atoms with Crippen LogP contribution in [0.2, 0.25) is 0 Å². The van der Waals surface area contributed by atoms with E-state index >= 15 is 0 Å². The van der Waals surface area contributed by atoms with Crippen molar-refractivity contribution in [3.05, 3.63) is 0 Å². The van der Waals surface area contributed by atoms with Crippen molar-refractivity contribution in [3.63, 3.8) is 0 Å². The molecule has 2 atom stereocenters. The van der Waals surface area contributed by atoms with Crippen molar-refractivity contribution in [2.45, 2.75) is 57.2 Å². The highest BCUT2D eigenvalue weighted by atomic mass is 16.5. The largest absolute Gasteiger partial charge is 0.480 e. The highest BCUT2D eigenvalue weighted by molar-refractivity contribution is 5.78. The Kier molecular flexibility index (Phi) is 4.81. The highest BCUT2D eigenvalue weighted by Crippen LogP contribution is 2.24. The summed E-state index contributed by atoms with van der Waals surface area (Å²) in [7, 11) is 0. The van der Waals surface area contributed by atoms with E-state index in [4.69, 9.17) is 4.74 Å². The van der Waals surface area contributed by atoms with Crippen LogP contribution < -0.4 is 5.32 Å². The summed E-state index contributed by atoms with van der Waals surface area (Å²) in [4.78, 5) is 13.8. The number of nitrogens with one attached hydrogen (secondary N) is 1. The number of carbonyl (C=O) groups is 1. The van der Waals surface area contributed by atoms with Gasteiger partial charge in [0, 0.05) is 25.7 Å². The Balaban J connectivity index is 1.90. The molecule has 0 radical (unpaired) electrons. The van der Waals surface area contributed by atoms with Gasteiger partial charge in [0.2, 0.25) is 0 Å². The van der Waals surface area contributed by atoms with Gasteiger partial charge in [-0.15, -0.1) is 0 Å². The summed E-state index contributed by atoms with van der Waals surface area (Å²) in [5.41, 5.74) is -0.838.